The highest BCUT2D eigenvalue weighted by molar-refractivity contribution is 7.85. The topological polar surface area (TPSA) is 49.4 Å². The molecule has 0 aliphatic carbocycles. The van der Waals surface area contributed by atoms with Gasteiger partial charge >= 0.3 is 0 Å². The van der Waals surface area contributed by atoms with E-state index in [2.05, 4.69) is 10.2 Å². The van der Waals surface area contributed by atoms with E-state index in [0.29, 0.717) is 23.6 Å². The van der Waals surface area contributed by atoms with Crippen LogP contribution in [0, 0.1) is 5.82 Å². The number of carbonyl (C=O) groups is 1. The van der Waals surface area contributed by atoms with Crippen molar-refractivity contribution in [3.05, 3.63) is 71.6 Å². The number of carbonyl (C=O) groups excluding carboxylic acids is 1. The van der Waals surface area contributed by atoms with Gasteiger partial charge in [0.1, 0.15) is 5.82 Å². The maximum Gasteiger partial charge on any atom is 0.244 e. The summed E-state index contributed by atoms with van der Waals surface area (Å²) in [6.07, 6.45) is 2.80. The molecule has 2 aromatic rings. The van der Waals surface area contributed by atoms with Gasteiger partial charge in [0.25, 0.3) is 0 Å². The average molecular weight is 372 g/mol. The number of hydrogen-bond acceptors (Lipinski definition) is 3. The zero-order valence-corrected chi connectivity index (χ0v) is 15.2. The van der Waals surface area contributed by atoms with Crippen molar-refractivity contribution in [3.63, 3.8) is 0 Å². The lowest BCUT2D eigenvalue weighted by Crippen LogP contribution is -2.37. The van der Waals surface area contributed by atoms with E-state index in [0.717, 1.165) is 24.3 Å². The summed E-state index contributed by atoms with van der Waals surface area (Å²) in [6, 6.07) is 14.3. The number of amides is 1. The molecule has 1 aliphatic heterocycles. The summed E-state index contributed by atoms with van der Waals surface area (Å²) in [7, 11) is -0.703. The fourth-order valence-electron chi connectivity index (χ4n) is 2.78. The molecule has 1 heterocycles. The van der Waals surface area contributed by atoms with E-state index in [9.17, 15) is 13.4 Å². The Bertz CT molecular complexity index is 828. The lowest BCUT2D eigenvalue weighted by molar-refractivity contribution is -0.116. The first kappa shape index (κ1) is 18.3. The standard InChI is InChI=1S/C20H21FN2O2S/c21-19-7-2-1-5-17(19)8-9-20(24)22-15-16-4-3-6-18(14-16)23-10-12-26(25)13-11-23/h1-9,14H,10-13,15H2,(H,22,24)/b9-8+. The van der Waals surface area contributed by atoms with Crippen molar-refractivity contribution in [2.75, 3.05) is 29.5 Å². The van der Waals surface area contributed by atoms with Crippen molar-refractivity contribution in [1.82, 2.24) is 5.32 Å². The van der Waals surface area contributed by atoms with Gasteiger partial charge in [0.05, 0.1) is 0 Å². The molecule has 3 rings (SSSR count). The van der Waals surface area contributed by atoms with Crippen LogP contribution in [-0.2, 0) is 22.1 Å². The predicted molar refractivity (Wildman–Crippen MR) is 104 cm³/mol. The van der Waals surface area contributed by atoms with Crippen LogP contribution in [0.1, 0.15) is 11.1 Å². The van der Waals surface area contributed by atoms with Gasteiger partial charge in [-0.25, -0.2) is 4.39 Å². The SMILES string of the molecule is O=C(/C=C/c1ccccc1F)NCc1cccc(N2CCS(=O)CC2)c1. The van der Waals surface area contributed by atoms with E-state index < -0.39 is 10.8 Å². The van der Waals surface area contributed by atoms with E-state index >= 15 is 0 Å². The van der Waals surface area contributed by atoms with Crippen LogP contribution in [-0.4, -0.2) is 34.7 Å². The fourth-order valence-corrected chi connectivity index (χ4v) is 3.84. The molecule has 6 heteroatoms. The van der Waals surface area contributed by atoms with Crippen LogP contribution in [0.15, 0.2) is 54.6 Å². The lowest BCUT2D eigenvalue weighted by Gasteiger charge is -2.28. The molecule has 0 spiro atoms. The van der Waals surface area contributed by atoms with Gasteiger partial charge in [0.2, 0.25) is 5.91 Å². The highest BCUT2D eigenvalue weighted by Crippen LogP contribution is 2.18. The van der Waals surface area contributed by atoms with Crippen molar-refractivity contribution >= 4 is 28.5 Å². The number of nitrogens with zero attached hydrogens (tertiary/aromatic N) is 1. The minimum Gasteiger partial charge on any atom is -0.370 e. The van der Waals surface area contributed by atoms with E-state index in [1.165, 1.54) is 18.2 Å². The molecule has 26 heavy (non-hydrogen) atoms. The number of rotatable bonds is 5. The Kier molecular flexibility index (Phi) is 6.17. The van der Waals surface area contributed by atoms with Crippen LogP contribution in [0.2, 0.25) is 0 Å². The van der Waals surface area contributed by atoms with Crippen LogP contribution >= 0.6 is 0 Å². The van der Waals surface area contributed by atoms with E-state index in [1.807, 2.05) is 24.3 Å². The first-order chi connectivity index (χ1) is 12.6. The third-order valence-electron chi connectivity index (χ3n) is 4.24. The monoisotopic (exact) mass is 372 g/mol. The van der Waals surface area contributed by atoms with E-state index in [-0.39, 0.29) is 11.7 Å². The van der Waals surface area contributed by atoms with Gasteiger partial charge in [0, 0.05) is 59.3 Å². The number of nitrogens with one attached hydrogen (secondary N) is 1. The van der Waals surface area contributed by atoms with Crippen molar-refractivity contribution in [2.24, 2.45) is 0 Å². The van der Waals surface area contributed by atoms with Gasteiger partial charge in [-0.2, -0.15) is 0 Å². The smallest absolute Gasteiger partial charge is 0.244 e. The minimum absolute atomic E-state index is 0.271. The Labute approximate surface area is 155 Å². The Morgan fingerprint density at radius 1 is 1.15 bits per heavy atom. The third-order valence-corrected chi connectivity index (χ3v) is 5.52. The van der Waals surface area contributed by atoms with Crippen molar-refractivity contribution in [1.29, 1.82) is 0 Å². The molecule has 0 atom stereocenters. The highest BCUT2D eigenvalue weighted by atomic mass is 32.2. The number of anilines is 1. The molecule has 1 amide bonds. The molecule has 0 radical (unpaired) electrons. The molecule has 1 N–H and O–H groups in total. The Hall–Kier alpha value is -2.47. The Balaban J connectivity index is 1.56. The van der Waals surface area contributed by atoms with Crippen LogP contribution in [0.5, 0.6) is 0 Å². The zero-order chi connectivity index (χ0) is 18.4. The maximum absolute atomic E-state index is 13.5. The van der Waals surface area contributed by atoms with Crippen LogP contribution in [0.25, 0.3) is 6.08 Å². The van der Waals surface area contributed by atoms with Crippen LogP contribution in [0.3, 0.4) is 0 Å². The molecule has 0 saturated carbocycles. The molecule has 1 saturated heterocycles. The normalized spacial score (nSPS) is 15.3. The van der Waals surface area contributed by atoms with Crippen molar-refractivity contribution < 1.29 is 13.4 Å². The summed E-state index contributed by atoms with van der Waals surface area (Å²) in [5, 5.41) is 2.81. The highest BCUT2D eigenvalue weighted by Gasteiger charge is 2.15. The number of hydrogen-bond donors (Lipinski definition) is 1. The summed E-state index contributed by atoms with van der Waals surface area (Å²) < 4.78 is 25.0. The van der Waals surface area contributed by atoms with Crippen molar-refractivity contribution in [2.45, 2.75) is 6.54 Å². The first-order valence-electron chi connectivity index (χ1n) is 8.51. The van der Waals surface area contributed by atoms with Gasteiger partial charge < -0.3 is 10.2 Å². The first-order valence-corrected chi connectivity index (χ1v) is 10.00. The molecule has 136 valence electrons. The molecule has 0 unspecified atom stereocenters. The van der Waals surface area contributed by atoms with Gasteiger partial charge in [-0.3, -0.25) is 9.00 Å². The zero-order valence-electron chi connectivity index (χ0n) is 14.4. The third kappa shape index (κ3) is 5.02. The lowest BCUT2D eigenvalue weighted by atomic mass is 10.1. The second-order valence-electron chi connectivity index (χ2n) is 6.08. The average Bonchev–Trinajstić information content (AvgIpc) is 2.66. The molecule has 1 aliphatic rings. The largest absolute Gasteiger partial charge is 0.370 e. The molecule has 0 bridgehead atoms. The van der Waals surface area contributed by atoms with E-state index in [4.69, 9.17) is 0 Å². The molecule has 2 aromatic carbocycles. The van der Waals surface area contributed by atoms with Crippen LogP contribution in [0.4, 0.5) is 10.1 Å². The molecular weight excluding hydrogens is 351 g/mol. The van der Waals surface area contributed by atoms with Gasteiger partial charge in [-0.05, 0) is 29.8 Å². The van der Waals surface area contributed by atoms with E-state index in [1.54, 1.807) is 18.2 Å². The van der Waals surface area contributed by atoms with Crippen LogP contribution < -0.4 is 10.2 Å². The number of halogens is 1. The molecular formula is C20H21FN2O2S. The minimum atomic E-state index is -0.703. The molecule has 0 aromatic heterocycles. The predicted octanol–water partition coefficient (Wildman–Crippen LogP) is 2.72. The Morgan fingerprint density at radius 2 is 1.92 bits per heavy atom. The maximum atomic E-state index is 13.5. The van der Waals surface area contributed by atoms with Crippen molar-refractivity contribution in [3.8, 4) is 0 Å². The Morgan fingerprint density at radius 3 is 2.69 bits per heavy atom. The fraction of sp³-hybridized carbons (Fsp3) is 0.250. The molecule has 1 fully saturated rings. The summed E-state index contributed by atoms with van der Waals surface area (Å²) in [5.41, 5.74) is 2.45. The second kappa shape index (κ2) is 8.76. The quantitative estimate of drug-likeness (QED) is 0.821. The number of benzene rings is 2. The summed E-state index contributed by atoms with van der Waals surface area (Å²) >= 11 is 0. The summed E-state index contributed by atoms with van der Waals surface area (Å²) in [5.74, 6) is 0.766. The summed E-state index contributed by atoms with van der Waals surface area (Å²) in [6.45, 7) is 1.97. The molecule has 4 nitrogen and oxygen atoms in total. The summed E-state index contributed by atoms with van der Waals surface area (Å²) in [4.78, 5) is 14.2. The van der Waals surface area contributed by atoms with Gasteiger partial charge in [-0.15, -0.1) is 0 Å². The van der Waals surface area contributed by atoms with Gasteiger partial charge in [0.15, 0.2) is 0 Å². The second-order valence-corrected chi connectivity index (χ2v) is 7.77. The van der Waals surface area contributed by atoms with Gasteiger partial charge in [-0.1, -0.05) is 30.3 Å².